The molecule has 1 amide bonds. The number of carbonyl (C=O) groups excluding carboxylic acids is 1. The summed E-state index contributed by atoms with van der Waals surface area (Å²) < 4.78 is 27.1. The number of nitrogens with zero attached hydrogens (tertiary/aromatic N) is 1. The molecule has 1 fully saturated rings. The van der Waals surface area contributed by atoms with Crippen LogP contribution in [0, 0.1) is 11.8 Å². The molecule has 2 rings (SSSR count). The molecule has 4 N–H and O–H groups in total. The van der Waals surface area contributed by atoms with E-state index in [0.29, 0.717) is 5.56 Å². The van der Waals surface area contributed by atoms with E-state index in [9.17, 15) is 9.36 Å². The second kappa shape index (κ2) is 10.5. The maximum absolute atomic E-state index is 13.2. The molecule has 0 unspecified atom stereocenters. The van der Waals surface area contributed by atoms with Gasteiger partial charge in [-0.2, -0.15) is 4.57 Å². The van der Waals surface area contributed by atoms with Gasteiger partial charge in [0.25, 0.3) is 12.1 Å². The minimum absolute atomic E-state index is 0.0254. The van der Waals surface area contributed by atoms with Gasteiger partial charge >= 0.3 is 7.67 Å². The fourth-order valence-electron chi connectivity index (χ4n) is 3.57. The molecule has 1 aromatic rings. The van der Waals surface area contributed by atoms with Gasteiger partial charge in [0.2, 0.25) is 0 Å². The van der Waals surface area contributed by atoms with Gasteiger partial charge in [0.15, 0.2) is 12.4 Å². The minimum Gasteiger partial charge on any atom is -0.365 e. The largest absolute Gasteiger partial charge is 0.365 e. The van der Waals surface area contributed by atoms with Crippen molar-refractivity contribution in [2.75, 3.05) is 6.61 Å². The van der Waals surface area contributed by atoms with E-state index in [1.54, 1.807) is 35.0 Å². The van der Waals surface area contributed by atoms with Crippen LogP contribution in [0.4, 0.5) is 0 Å². The van der Waals surface area contributed by atoms with Gasteiger partial charge in [-0.3, -0.25) is 9.36 Å². The van der Waals surface area contributed by atoms with Gasteiger partial charge in [-0.05, 0) is 33.8 Å². The molecule has 8 nitrogen and oxygen atoms in total. The molecule has 0 bridgehead atoms. The Morgan fingerprint density at radius 1 is 1.27 bits per heavy atom. The highest BCUT2D eigenvalue weighted by Crippen LogP contribution is 2.43. The molecule has 9 heteroatoms. The van der Waals surface area contributed by atoms with Crippen molar-refractivity contribution in [3.63, 3.8) is 0 Å². The summed E-state index contributed by atoms with van der Waals surface area (Å²) in [6, 6.07) is 3.34. The lowest BCUT2D eigenvalue weighted by atomic mass is 9.89. The molecule has 4 atom stereocenters. The number of aromatic nitrogens is 1. The highest BCUT2D eigenvalue weighted by Gasteiger charge is 2.47. The SMILES string of the molecule is C=C[C@@H]1[C@H](C=C)[C@@H](COP(=O)(NC(C)C)NC(C)C)O[C@H]1[n+]1cccc(C(N)=O)c1. The van der Waals surface area contributed by atoms with Crippen LogP contribution in [0.25, 0.3) is 0 Å². The van der Waals surface area contributed by atoms with E-state index < -0.39 is 25.9 Å². The predicted molar refractivity (Wildman–Crippen MR) is 117 cm³/mol. The average Bonchev–Trinajstić information content (AvgIpc) is 3.02. The van der Waals surface area contributed by atoms with Crippen molar-refractivity contribution in [2.45, 2.75) is 52.1 Å². The number of hydrogen-bond acceptors (Lipinski definition) is 4. The van der Waals surface area contributed by atoms with Crippen LogP contribution in [0.3, 0.4) is 0 Å². The standard InChI is InChI=1S/C21H33N4O4P/c1-7-17-18(8-2)21(25-11-9-10-16(12-25)20(22)26)29-19(17)13-28-30(27,23-14(3)4)24-15(5)6/h7-12,14-15,17-19,21H,1-2,13H2,3-6H3,(H3-,22,23,24,26,27)/p+1/t17-,18+,19+,21+/m0/s1. The van der Waals surface area contributed by atoms with Crippen molar-refractivity contribution in [2.24, 2.45) is 17.6 Å². The Morgan fingerprint density at radius 2 is 1.87 bits per heavy atom. The van der Waals surface area contributed by atoms with Crippen molar-refractivity contribution in [1.29, 1.82) is 0 Å². The molecule has 1 aliphatic rings. The summed E-state index contributed by atoms with van der Waals surface area (Å²) >= 11 is 0. The molecule has 1 aliphatic heterocycles. The van der Waals surface area contributed by atoms with Crippen LogP contribution in [-0.2, 0) is 13.8 Å². The predicted octanol–water partition coefficient (Wildman–Crippen LogP) is 2.70. The molecule has 1 aromatic heterocycles. The van der Waals surface area contributed by atoms with E-state index >= 15 is 0 Å². The summed E-state index contributed by atoms with van der Waals surface area (Å²) in [6.45, 7) is 15.6. The molecule has 166 valence electrons. The maximum atomic E-state index is 13.2. The lowest BCUT2D eigenvalue weighted by molar-refractivity contribution is -0.764. The number of nitrogens with one attached hydrogen (secondary N) is 2. The lowest BCUT2D eigenvalue weighted by Crippen LogP contribution is -2.43. The Kier molecular flexibility index (Phi) is 8.52. The molecule has 2 heterocycles. The minimum atomic E-state index is -3.27. The number of amides is 1. The van der Waals surface area contributed by atoms with Crippen molar-refractivity contribution >= 4 is 13.6 Å². The van der Waals surface area contributed by atoms with Crippen molar-refractivity contribution in [3.05, 3.63) is 55.4 Å². The van der Waals surface area contributed by atoms with E-state index in [1.165, 1.54) is 0 Å². The van der Waals surface area contributed by atoms with Gasteiger partial charge in [-0.1, -0.05) is 12.2 Å². The van der Waals surface area contributed by atoms with Crippen LogP contribution in [0.2, 0.25) is 0 Å². The summed E-state index contributed by atoms with van der Waals surface area (Å²) in [4.78, 5) is 11.6. The second-order valence-corrected chi connectivity index (χ2v) is 9.89. The monoisotopic (exact) mass is 437 g/mol. The van der Waals surface area contributed by atoms with Crippen LogP contribution in [0.1, 0.15) is 44.3 Å². The lowest BCUT2D eigenvalue weighted by Gasteiger charge is -2.26. The highest BCUT2D eigenvalue weighted by atomic mass is 31.2. The zero-order valence-electron chi connectivity index (χ0n) is 18.2. The molecule has 0 aliphatic carbocycles. The molecule has 0 radical (unpaired) electrons. The first-order chi connectivity index (χ1) is 14.1. The normalized spacial score (nSPS) is 24.3. The molecule has 0 aromatic carbocycles. The Bertz CT molecular complexity index is 800. The van der Waals surface area contributed by atoms with Crippen LogP contribution in [0.15, 0.2) is 49.8 Å². The van der Waals surface area contributed by atoms with Gasteiger partial charge in [0, 0.05) is 24.1 Å². The third-order valence-electron chi connectivity index (χ3n) is 4.74. The smallest absolute Gasteiger partial charge is 0.341 e. The molecule has 0 saturated carbocycles. The quantitative estimate of drug-likeness (QED) is 0.279. The van der Waals surface area contributed by atoms with Gasteiger partial charge in [0.05, 0.1) is 18.6 Å². The van der Waals surface area contributed by atoms with E-state index in [4.69, 9.17) is 15.0 Å². The van der Waals surface area contributed by atoms with E-state index in [0.717, 1.165) is 0 Å². The van der Waals surface area contributed by atoms with Gasteiger partial charge < -0.3 is 15.0 Å². The first-order valence-corrected chi connectivity index (χ1v) is 11.7. The van der Waals surface area contributed by atoms with Crippen molar-refractivity contribution in [1.82, 2.24) is 10.2 Å². The second-order valence-electron chi connectivity index (χ2n) is 8.01. The molecular formula is C21H34N4O4P+. The highest BCUT2D eigenvalue weighted by molar-refractivity contribution is 7.54. The fraction of sp³-hybridized carbons (Fsp3) is 0.524. The first-order valence-electron chi connectivity index (χ1n) is 10.1. The van der Waals surface area contributed by atoms with Crippen molar-refractivity contribution < 1.29 is 23.2 Å². The Morgan fingerprint density at radius 3 is 2.37 bits per heavy atom. The number of nitrogens with two attached hydrogens (primary N) is 1. The zero-order chi connectivity index (χ0) is 22.5. The topological polar surface area (TPSA) is 107 Å². The number of ether oxygens (including phenoxy) is 1. The third-order valence-corrected chi connectivity index (χ3v) is 6.96. The van der Waals surface area contributed by atoms with Gasteiger partial charge in [-0.25, -0.2) is 10.2 Å². The molecular weight excluding hydrogens is 403 g/mol. The average molecular weight is 438 g/mol. The third kappa shape index (κ3) is 6.09. The Balaban J connectivity index is 2.23. The van der Waals surface area contributed by atoms with Crippen LogP contribution in [0.5, 0.6) is 0 Å². The van der Waals surface area contributed by atoms with Crippen molar-refractivity contribution in [3.8, 4) is 0 Å². The number of rotatable bonds is 11. The Labute approximate surface area is 179 Å². The summed E-state index contributed by atoms with van der Waals surface area (Å²) in [7, 11) is -3.27. The number of carbonyl (C=O) groups is 1. The van der Waals surface area contributed by atoms with E-state index in [2.05, 4.69) is 23.3 Å². The van der Waals surface area contributed by atoms with Crippen LogP contribution in [-0.4, -0.2) is 30.7 Å². The molecule has 1 saturated heterocycles. The summed E-state index contributed by atoms with van der Waals surface area (Å²) in [5.41, 5.74) is 5.79. The Hall–Kier alpha value is -1.83. The first kappa shape index (κ1) is 24.4. The molecule has 0 spiro atoms. The maximum Gasteiger partial charge on any atom is 0.341 e. The van der Waals surface area contributed by atoms with E-state index in [1.807, 2.05) is 33.9 Å². The van der Waals surface area contributed by atoms with Crippen LogP contribution >= 0.6 is 7.67 Å². The van der Waals surface area contributed by atoms with Gasteiger partial charge in [-0.15, -0.1) is 13.2 Å². The van der Waals surface area contributed by atoms with Crippen LogP contribution < -0.4 is 20.5 Å². The number of pyridine rings is 1. The summed E-state index contributed by atoms with van der Waals surface area (Å²) in [5, 5.41) is 5.99. The van der Waals surface area contributed by atoms with E-state index in [-0.39, 0.29) is 30.5 Å². The summed E-state index contributed by atoms with van der Waals surface area (Å²) in [6.07, 6.45) is 6.25. The zero-order valence-corrected chi connectivity index (χ0v) is 19.0. The molecule has 30 heavy (non-hydrogen) atoms. The number of primary amides is 1. The summed E-state index contributed by atoms with van der Waals surface area (Å²) in [5.74, 6) is -0.735. The van der Waals surface area contributed by atoms with Gasteiger partial charge in [0.1, 0.15) is 5.56 Å². The fourth-order valence-corrected chi connectivity index (χ4v) is 5.51. The number of hydrogen-bond donors (Lipinski definition) is 3.